The molecule has 2 amide bonds. The summed E-state index contributed by atoms with van der Waals surface area (Å²) in [5, 5.41) is 9.71. The van der Waals surface area contributed by atoms with Gasteiger partial charge in [-0.1, -0.05) is 0 Å². The van der Waals surface area contributed by atoms with E-state index in [0.29, 0.717) is 5.75 Å². The zero-order valence-electron chi connectivity index (χ0n) is 8.57. The van der Waals surface area contributed by atoms with Crippen LogP contribution in [0, 0.1) is 0 Å². The fraction of sp³-hybridized carbons (Fsp3) is 0.750. The molecule has 0 bridgehead atoms. The molecule has 0 unspecified atom stereocenters. The molecule has 0 saturated carbocycles. The molecule has 0 rings (SSSR count). The standard InChI is InChI=1S/C8H16N2O3S/c1-8(2,3)10(7(12)13)9-6(11)4-5-14/h14H,4-5H2,1-3H3,(H,9,11)(H,12,13). The van der Waals surface area contributed by atoms with Crippen LogP contribution in [0.25, 0.3) is 0 Å². The lowest BCUT2D eigenvalue weighted by Gasteiger charge is -2.32. The van der Waals surface area contributed by atoms with Gasteiger partial charge in [0.05, 0.1) is 5.54 Å². The molecule has 82 valence electrons. The molecule has 0 aliphatic carbocycles. The molecule has 5 nitrogen and oxygen atoms in total. The van der Waals surface area contributed by atoms with Crippen LogP contribution < -0.4 is 5.43 Å². The minimum atomic E-state index is -1.18. The average Bonchev–Trinajstić information content (AvgIpc) is 1.98. The average molecular weight is 220 g/mol. The van der Waals surface area contributed by atoms with E-state index in [2.05, 4.69) is 18.1 Å². The molecule has 0 aliphatic heterocycles. The third-order valence-corrected chi connectivity index (χ3v) is 1.66. The predicted molar refractivity (Wildman–Crippen MR) is 56.2 cm³/mol. The van der Waals surface area contributed by atoms with E-state index in [1.807, 2.05) is 0 Å². The van der Waals surface area contributed by atoms with Crippen molar-refractivity contribution in [2.24, 2.45) is 0 Å². The highest BCUT2D eigenvalue weighted by Crippen LogP contribution is 2.10. The molecular formula is C8H16N2O3S. The normalized spacial score (nSPS) is 10.9. The molecule has 2 N–H and O–H groups in total. The Kier molecular flexibility index (Phi) is 4.76. The van der Waals surface area contributed by atoms with Crippen LogP contribution in [0.3, 0.4) is 0 Å². The first-order valence-electron chi connectivity index (χ1n) is 4.22. The van der Waals surface area contributed by atoms with Crippen LogP contribution in [0.2, 0.25) is 0 Å². The molecule has 0 atom stereocenters. The third-order valence-electron chi connectivity index (χ3n) is 1.44. The Bertz CT molecular complexity index is 225. The van der Waals surface area contributed by atoms with Crippen molar-refractivity contribution in [2.75, 3.05) is 5.75 Å². The van der Waals surface area contributed by atoms with Crippen molar-refractivity contribution in [3.05, 3.63) is 0 Å². The van der Waals surface area contributed by atoms with Gasteiger partial charge in [-0.15, -0.1) is 0 Å². The molecule has 0 aliphatic rings. The van der Waals surface area contributed by atoms with Crippen molar-refractivity contribution < 1.29 is 14.7 Å². The first-order chi connectivity index (χ1) is 6.29. The predicted octanol–water partition coefficient (Wildman–Crippen LogP) is 1.12. The summed E-state index contributed by atoms with van der Waals surface area (Å²) in [7, 11) is 0. The summed E-state index contributed by atoms with van der Waals surface area (Å²) < 4.78 is 0. The monoisotopic (exact) mass is 220 g/mol. The van der Waals surface area contributed by atoms with Crippen molar-refractivity contribution in [1.29, 1.82) is 0 Å². The highest BCUT2D eigenvalue weighted by molar-refractivity contribution is 7.80. The molecule has 0 spiro atoms. The maximum Gasteiger partial charge on any atom is 0.426 e. The van der Waals surface area contributed by atoms with Crippen molar-refractivity contribution in [3.63, 3.8) is 0 Å². The topological polar surface area (TPSA) is 69.6 Å². The molecule has 0 fully saturated rings. The molecule has 0 aromatic rings. The summed E-state index contributed by atoms with van der Waals surface area (Å²) in [6, 6.07) is 0. The second-order valence-corrected chi connectivity index (χ2v) is 4.24. The first-order valence-corrected chi connectivity index (χ1v) is 4.85. The Morgan fingerprint density at radius 2 is 1.93 bits per heavy atom. The van der Waals surface area contributed by atoms with Gasteiger partial charge in [0, 0.05) is 6.42 Å². The number of rotatable bonds is 2. The first kappa shape index (κ1) is 13.1. The minimum Gasteiger partial charge on any atom is -0.464 e. The SMILES string of the molecule is CC(C)(C)N(NC(=O)CCS)C(=O)O. The quantitative estimate of drug-likeness (QED) is 0.482. The third kappa shape index (κ3) is 4.36. The Hall–Kier alpha value is -0.910. The van der Waals surface area contributed by atoms with Crippen LogP contribution >= 0.6 is 12.6 Å². The van der Waals surface area contributed by atoms with Gasteiger partial charge in [0.2, 0.25) is 5.91 Å². The van der Waals surface area contributed by atoms with Crippen LogP contribution in [-0.2, 0) is 4.79 Å². The number of amides is 2. The molecule has 0 aromatic heterocycles. The number of hydrogen-bond acceptors (Lipinski definition) is 3. The van der Waals surface area contributed by atoms with E-state index in [1.54, 1.807) is 20.8 Å². The second-order valence-electron chi connectivity index (χ2n) is 3.80. The Morgan fingerprint density at radius 3 is 2.21 bits per heavy atom. The number of carbonyl (C=O) groups is 2. The van der Waals surface area contributed by atoms with Crippen molar-refractivity contribution >= 4 is 24.6 Å². The smallest absolute Gasteiger partial charge is 0.426 e. The van der Waals surface area contributed by atoms with Crippen LogP contribution in [0.15, 0.2) is 0 Å². The number of carboxylic acid groups (broad SMARTS) is 1. The van der Waals surface area contributed by atoms with Gasteiger partial charge in [-0.05, 0) is 26.5 Å². The Balaban J connectivity index is 4.40. The number of hydrogen-bond donors (Lipinski definition) is 3. The maximum absolute atomic E-state index is 11.1. The lowest BCUT2D eigenvalue weighted by Crippen LogP contribution is -2.55. The maximum atomic E-state index is 11.1. The van der Waals surface area contributed by atoms with Gasteiger partial charge < -0.3 is 5.11 Å². The van der Waals surface area contributed by atoms with Crippen LogP contribution in [0.5, 0.6) is 0 Å². The molecule has 14 heavy (non-hydrogen) atoms. The summed E-state index contributed by atoms with van der Waals surface area (Å²) in [5.41, 5.74) is 1.65. The van der Waals surface area contributed by atoms with E-state index in [1.165, 1.54) is 0 Å². The van der Waals surface area contributed by atoms with E-state index < -0.39 is 11.6 Å². The van der Waals surface area contributed by atoms with Crippen molar-refractivity contribution in [3.8, 4) is 0 Å². The zero-order chi connectivity index (χ0) is 11.4. The van der Waals surface area contributed by atoms with E-state index >= 15 is 0 Å². The Labute approximate surface area is 88.8 Å². The molecule has 6 heteroatoms. The van der Waals surface area contributed by atoms with Gasteiger partial charge in [-0.2, -0.15) is 12.6 Å². The number of nitrogens with one attached hydrogen (secondary N) is 1. The largest absolute Gasteiger partial charge is 0.464 e. The number of nitrogens with zero attached hydrogens (tertiary/aromatic N) is 1. The Morgan fingerprint density at radius 1 is 1.43 bits per heavy atom. The summed E-state index contributed by atoms with van der Waals surface area (Å²) in [6.07, 6.45) is -0.979. The highest BCUT2D eigenvalue weighted by atomic mass is 32.1. The highest BCUT2D eigenvalue weighted by Gasteiger charge is 2.27. The summed E-state index contributed by atoms with van der Waals surface area (Å²) in [6.45, 7) is 5.09. The summed E-state index contributed by atoms with van der Waals surface area (Å²) in [5.74, 6) is 0.0426. The van der Waals surface area contributed by atoms with Crippen LogP contribution in [0.1, 0.15) is 27.2 Å². The van der Waals surface area contributed by atoms with Crippen molar-refractivity contribution in [1.82, 2.24) is 10.4 Å². The lowest BCUT2D eigenvalue weighted by molar-refractivity contribution is -0.126. The fourth-order valence-electron chi connectivity index (χ4n) is 0.785. The molecular weight excluding hydrogens is 204 g/mol. The van der Waals surface area contributed by atoms with Gasteiger partial charge in [-0.3, -0.25) is 10.2 Å². The van der Waals surface area contributed by atoms with Gasteiger partial charge in [-0.25, -0.2) is 9.80 Å². The molecule has 0 radical (unpaired) electrons. The molecule has 0 saturated heterocycles. The van der Waals surface area contributed by atoms with Crippen molar-refractivity contribution in [2.45, 2.75) is 32.7 Å². The lowest BCUT2D eigenvalue weighted by atomic mass is 10.1. The van der Waals surface area contributed by atoms with Gasteiger partial charge >= 0.3 is 6.09 Å². The zero-order valence-corrected chi connectivity index (χ0v) is 9.47. The van der Waals surface area contributed by atoms with Crippen LogP contribution in [0.4, 0.5) is 4.79 Å². The van der Waals surface area contributed by atoms with Gasteiger partial charge in [0.15, 0.2) is 0 Å². The number of carbonyl (C=O) groups excluding carboxylic acids is 1. The van der Waals surface area contributed by atoms with Gasteiger partial charge in [0.25, 0.3) is 0 Å². The van der Waals surface area contributed by atoms with E-state index in [9.17, 15) is 9.59 Å². The fourth-order valence-corrected chi connectivity index (χ4v) is 0.988. The van der Waals surface area contributed by atoms with E-state index in [-0.39, 0.29) is 12.3 Å². The van der Waals surface area contributed by atoms with Crippen LogP contribution in [-0.4, -0.2) is 33.4 Å². The number of hydrazine groups is 1. The second kappa shape index (κ2) is 5.09. The summed E-state index contributed by atoms with van der Waals surface area (Å²) >= 11 is 3.88. The molecule has 0 aromatic carbocycles. The van der Waals surface area contributed by atoms with E-state index in [4.69, 9.17) is 5.11 Å². The minimum absolute atomic E-state index is 0.197. The van der Waals surface area contributed by atoms with Gasteiger partial charge in [0.1, 0.15) is 0 Å². The number of thiol groups is 1. The summed E-state index contributed by atoms with van der Waals surface area (Å²) in [4.78, 5) is 21.9. The van der Waals surface area contributed by atoms with E-state index in [0.717, 1.165) is 5.01 Å². The molecule has 0 heterocycles.